The van der Waals surface area contributed by atoms with E-state index >= 15 is 0 Å². The van der Waals surface area contributed by atoms with E-state index in [2.05, 4.69) is 11.8 Å². The SMILES string of the molecule is CC=CC(C#Cc1cccc(F)c1C1CC1)=CC. The van der Waals surface area contributed by atoms with E-state index in [4.69, 9.17) is 0 Å². The van der Waals surface area contributed by atoms with E-state index in [1.54, 1.807) is 6.07 Å². The average molecular weight is 240 g/mol. The van der Waals surface area contributed by atoms with Crippen molar-refractivity contribution in [3.63, 3.8) is 0 Å². The maximum Gasteiger partial charge on any atom is 0.127 e. The number of halogens is 1. The van der Waals surface area contributed by atoms with Gasteiger partial charge in [-0.15, -0.1) is 0 Å². The second-order valence-electron chi connectivity index (χ2n) is 4.47. The van der Waals surface area contributed by atoms with Crippen LogP contribution in [-0.2, 0) is 0 Å². The number of benzene rings is 1. The largest absolute Gasteiger partial charge is 0.207 e. The highest BCUT2D eigenvalue weighted by molar-refractivity contribution is 5.50. The van der Waals surface area contributed by atoms with Gasteiger partial charge < -0.3 is 0 Å². The van der Waals surface area contributed by atoms with Crippen molar-refractivity contribution in [1.82, 2.24) is 0 Å². The summed E-state index contributed by atoms with van der Waals surface area (Å²) in [5.41, 5.74) is 2.60. The molecule has 92 valence electrons. The monoisotopic (exact) mass is 240 g/mol. The van der Waals surface area contributed by atoms with Crippen LogP contribution in [0.25, 0.3) is 0 Å². The standard InChI is InChI=1S/C17H17F/c1-3-6-13(4-2)9-10-14-7-5-8-16(18)17(14)15-11-12-15/h3-8,15H,11-12H2,1-2H3. The molecule has 0 aliphatic heterocycles. The molecule has 0 amide bonds. The van der Waals surface area contributed by atoms with Crippen LogP contribution in [0.5, 0.6) is 0 Å². The molecule has 1 fully saturated rings. The molecule has 0 spiro atoms. The van der Waals surface area contributed by atoms with Crippen molar-refractivity contribution in [3.05, 3.63) is 58.9 Å². The van der Waals surface area contributed by atoms with Crippen molar-refractivity contribution in [3.8, 4) is 11.8 Å². The first-order valence-electron chi connectivity index (χ1n) is 6.35. The van der Waals surface area contributed by atoms with E-state index in [1.807, 2.05) is 38.1 Å². The van der Waals surface area contributed by atoms with Gasteiger partial charge in [0, 0.05) is 16.7 Å². The van der Waals surface area contributed by atoms with E-state index in [-0.39, 0.29) is 5.82 Å². The average Bonchev–Trinajstić information content (AvgIpc) is 3.18. The molecule has 1 aliphatic carbocycles. The Hall–Kier alpha value is -1.81. The Morgan fingerprint density at radius 3 is 2.72 bits per heavy atom. The lowest BCUT2D eigenvalue weighted by molar-refractivity contribution is 0.610. The molecule has 1 aromatic carbocycles. The maximum absolute atomic E-state index is 13.8. The predicted octanol–water partition coefficient (Wildman–Crippen LogP) is 4.58. The smallest absolute Gasteiger partial charge is 0.127 e. The van der Waals surface area contributed by atoms with E-state index in [9.17, 15) is 4.39 Å². The van der Waals surface area contributed by atoms with Gasteiger partial charge in [-0.1, -0.05) is 36.1 Å². The zero-order valence-electron chi connectivity index (χ0n) is 10.8. The fourth-order valence-electron chi connectivity index (χ4n) is 1.96. The summed E-state index contributed by atoms with van der Waals surface area (Å²) in [6.07, 6.45) is 8.05. The van der Waals surface area contributed by atoms with Gasteiger partial charge in [-0.2, -0.15) is 0 Å². The molecule has 0 N–H and O–H groups in total. The molecule has 1 aliphatic rings. The van der Waals surface area contributed by atoms with Crippen molar-refractivity contribution in [2.75, 3.05) is 0 Å². The Morgan fingerprint density at radius 2 is 2.11 bits per heavy atom. The fraction of sp³-hybridized carbons (Fsp3) is 0.294. The lowest BCUT2D eigenvalue weighted by atomic mass is 10.0. The Bertz CT molecular complexity index is 549. The summed E-state index contributed by atoms with van der Waals surface area (Å²) < 4.78 is 13.8. The summed E-state index contributed by atoms with van der Waals surface area (Å²) in [5.74, 6) is 6.46. The Kier molecular flexibility index (Phi) is 3.99. The molecule has 0 unspecified atom stereocenters. The Balaban J connectivity index is 2.35. The van der Waals surface area contributed by atoms with Gasteiger partial charge >= 0.3 is 0 Å². The minimum absolute atomic E-state index is 0.114. The normalized spacial score (nSPS) is 15.6. The quantitative estimate of drug-likeness (QED) is 0.524. The molecule has 18 heavy (non-hydrogen) atoms. The third kappa shape index (κ3) is 2.90. The molecule has 1 heteroatoms. The van der Waals surface area contributed by atoms with E-state index in [1.165, 1.54) is 6.07 Å². The van der Waals surface area contributed by atoms with Crippen LogP contribution in [0.15, 0.2) is 42.0 Å². The lowest BCUT2D eigenvalue weighted by Crippen LogP contribution is -1.92. The summed E-state index contributed by atoms with van der Waals surface area (Å²) in [7, 11) is 0. The topological polar surface area (TPSA) is 0 Å². The molecule has 1 saturated carbocycles. The zero-order valence-corrected chi connectivity index (χ0v) is 10.8. The highest BCUT2D eigenvalue weighted by Crippen LogP contribution is 2.42. The van der Waals surface area contributed by atoms with Crippen molar-refractivity contribution >= 4 is 0 Å². The van der Waals surface area contributed by atoms with Crippen LogP contribution in [0.1, 0.15) is 43.7 Å². The lowest BCUT2D eigenvalue weighted by Gasteiger charge is -2.03. The van der Waals surface area contributed by atoms with Gasteiger partial charge in [0.2, 0.25) is 0 Å². The molecule has 0 aromatic heterocycles. The van der Waals surface area contributed by atoms with Crippen LogP contribution in [0.2, 0.25) is 0 Å². The van der Waals surface area contributed by atoms with Gasteiger partial charge in [0.25, 0.3) is 0 Å². The molecule has 0 saturated heterocycles. The van der Waals surface area contributed by atoms with Gasteiger partial charge in [-0.3, -0.25) is 0 Å². The first-order chi connectivity index (χ1) is 8.76. The zero-order chi connectivity index (χ0) is 13.0. The summed E-state index contributed by atoms with van der Waals surface area (Å²) >= 11 is 0. The van der Waals surface area contributed by atoms with Gasteiger partial charge in [0.1, 0.15) is 5.82 Å². The number of hydrogen-bond acceptors (Lipinski definition) is 0. The van der Waals surface area contributed by atoms with Gasteiger partial charge in [-0.05, 0) is 44.7 Å². The molecule has 0 bridgehead atoms. The molecule has 2 rings (SSSR count). The molecule has 1 aromatic rings. The Labute approximate surface area is 108 Å². The molecule has 0 radical (unpaired) electrons. The van der Waals surface area contributed by atoms with Crippen molar-refractivity contribution < 1.29 is 4.39 Å². The minimum Gasteiger partial charge on any atom is -0.207 e. The van der Waals surface area contributed by atoms with Crippen LogP contribution in [0, 0.1) is 17.7 Å². The number of rotatable bonds is 2. The van der Waals surface area contributed by atoms with Crippen molar-refractivity contribution in [2.45, 2.75) is 32.6 Å². The van der Waals surface area contributed by atoms with Crippen molar-refractivity contribution in [1.29, 1.82) is 0 Å². The molecule has 0 nitrogen and oxygen atoms in total. The van der Waals surface area contributed by atoms with Crippen LogP contribution >= 0.6 is 0 Å². The number of hydrogen-bond donors (Lipinski definition) is 0. The molecular weight excluding hydrogens is 223 g/mol. The second kappa shape index (κ2) is 5.69. The molecular formula is C17H17F. The maximum atomic E-state index is 13.8. The van der Waals surface area contributed by atoms with Crippen LogP contribution in [0.3, 0.4) is 0 Å². The van der Waals surface area contributed by atoms with E-state index < -0.39 is 0 Å². The first kappa shape index (κ1) is 12.6. The first-order valence-corrected chi connectivity index (χ1v) is 6.35. The highest BCUT2D eigenvalue weighted by Gasteiger charge is 2.28. The minimum atomic E-state index is -0.114. The molecule has 0 heterocycles. The summed E-state index contributed by atoms with van der Waals surface area (Å²) in [6, 6.07) is 5.17. The summed E-state index contributed by atoms with van der Waals surface area (Å²) in [5, 5.41) is 0. The fourth-order valence-corrected chi connectivity index (χ4v) is 1.96. The Morgan fingerprint density at radius 1 is 1.33 bits per heavy atom. The second-order valence-corrected chi connectivity index (χ2v) is 4.47. The van der Waals surface area contributed by atoms with Crippen LogP contribution in [-0.4, -0.2) is 0 Å². The predicted molar refractivity (Wildman–Crippen MR) is 73.8 cm³/mol. The van der Waals surface area contributed by atoms with E-state index in [0.29, 0.717) is 5.92 Å². The number of allylic oxidation sites excluding steroid dienone is 4. The van der Waals surface area contributed by atoms with Gasteiger partial charge in [-0.25, -0.2) is 4.39 Å². The summed E-state index contributed by atoms with van der Waals surface area (Å²) in [4.78, 5) is 0. The van der Waals surface area contributed by atoms with E-state index in [0.717, 1.165) is 29.5 Å². The van der Waals surface area contributed by atoms with Crippen LogP contribution < -0.4 is 0 Å². The van der Waals surface area contributed by atoms with Crippen molar-refractivity contribution in [2.24, 2.45) is 0 Å². The molecule has 0 atom stereocenters. The highest BCUT2D eigenvalue weighted by atomic mass is 19.1. The van der Waals surface area contributed by atoms with Gasteiger partial charge in [0.05, 0.1) is 0 Å². The van der Waals surface area contributed by atoms with Gasteiger partial charge in [0.15, 0.2) is 0 Å². The summed E-state index contributed by atoms with van der Waals surface area (Å²) in [6.45, 7) is 3.92. The third-order valence-corrected chi connectivity index (χ3v) is 3.04. The third-order valence-electron chi connectivity index (χ3n) is 3.04. The van der Waals surface area contributed by atoms with Crippen LogP contribution in [0.4, 0.5) is 4.39 Å².